The highest BCUT2D eigenvalue weighted by molar-refractivity contribution is 6.13. The Morgan fingerprint density at radius 1 is 1.08 bits per heavy atom. The third kappa shape index (κ3) is 0.794. The maximum Gasteiger partial charge on any atom is 0.189 e. The summed E-state index contributed by atoms with van der Waals surface area (Å²) in [5, 5.41) is 0. The van der Waals surface area contributed by atoms with Crippen LogP contribution in [0.2, 0.25) is 0 Å². The first-order valence-corrected chi connectivity index (χ1v) is 3.40. The molecule has 1 aromatic carbocycles. The number of benzene rings is 1. The van der Waals surface area contributed by atoms with Crippen LogP contribution < -0.4 is 0 Å². The number of ketones is 1. The van der Waals surface area contributed by atoms with Crippen LogP contribution in [-0.2, 0) is 0 Å². The number of carbonyl (C=O) groups is 1. The molecule has 0 atom stereocenters. The Balaban J connectivity index is 2.76. The predicted octanol–water partition coefficient (Wildman–Crippen LogP) is 2.17. The van der Waals surface area contributed by atoms with E-state index in [0.29, 0.717) is 5.56 Å². The van der Waals surface area contributed by atoms with Crippen molar-refractivity contribution in [1.82, 2.24) is 0 Å². The molecule has 0 amide bonds. The quantitative estimate of drug-likeness (QED) is 0.577. The molecule has 2 rings (SSSR count). The van der Waals surface area contributed by atoms with Crippen LogP contribution in [0.4, 0.5) is 8.78 Å². The zero-order chi connectivity index (χ0) is 8.72. The molecule has 60 valence electrons. The van der Waals surface area contributed by atoms with Crippen LogP contribution in [0.3, 0.4) is 0 Å². The van der Waals surface area contributed by atoms with Gasteiger partial charge in [0.1, 0.15) is 0 Å². The third-order valence-corrected chi connectivity index (χ3v) is 1.79. The molecule has 1 nitrogen and oxygen atoms in total. The van der Waals surface area contributed by atoms with Gasteiger partial charge >= 0.3 is 0 Å². The average molecular weight is 166 g/mol. The molecule has 0 unspecified atom stereocenters. The van der Waals surface area contributed by atoms with Crippen molar-refractivity contribution in [3.8, 4) is 0 Å². The van der Waals surface area contributed by atoms with Gasteiger partial charge in [0.05, 0.1) is 5.56 Å². The molecule has 12 heavy (non-hydrogen) atoms. The molecular weight excluding hydrogens is 162 g/mol. The third-order valence-electron chi connectivity index (χ3n) is 1.79. The highest BCUT2D eigenvalue weighted by Gasteiger charge is 2.20. The first kappa shape index (κ1) is 7.16. The molecule has 1 aliphatic carbocycles. The SMILES string of the molecule is O=C1C=Cc2ccc(F)c(F)c21. The van der Waals surface area contributed by atoms with Crippen LogP contribution in [0.1, 0.15) is 15.9 Å². The maximum atomic E-state index is 12.9. The fourth-order valence-corrected chi connectivity index (χ4v) is 1.20. The van der Waals surface area contributed by atoms with Crippen LogP contribution in [0.15, 0.2) is 18.2 Å². The zero-order valence-corrected chi connectivity index (χ0v) is 5.97. The van der Waals surface area contributed by atoms with Crippen LogP contribution in [0, 0.1) is 11.6 Å². The normalized spacial score (nSPS) is 13.7. The Bertz CT molecular complexity index is 394. The van der Waals surface area contributed by atoms with Crippen LogP contribution >= 0.6 is 0 Å². The van der Waals surface area contributed by atoms with E-state index >= 15 is 0 Å². The summed E-state index contributed by atoms with van der Waals surface area (Å²) in [6.45, 7) is 0. The second-order valence-corrected chi connectivity index (χ2v) is 2.52. The standard InChI is InChI=1S/C9H4F2O/c10-6-3-1-5-2-4-7(12)8(5)9(6)11/h1-4H. The van der Waals surface area contributed by atoms with Gasteiger partial charge in [-0.2, -0.15) is 0 Å². The lowest BCUT2D eigenvalue weighted by atomic mass is 10.1. The lowest BCUT2D eigenvalue weighted by Crippen LogP contribution is -1.99. The molecule has 0 fully saturated rings. The number of carbonyl (C=O) groups excluding carboxylic acids is 1. The minimum atomic E-state index is -1.05. The van der Waals surface area contributed by atoms with Gasteiger partial charge in [-0.1, -0.05) is 12.1 Å². The number of hydrogen-bond donors (Lipinski definition) is 0. The Morgan fingerprint density at radius 3 is 2.58 bits per heavy atom. The highest BCUT2D eigenvalue weighted by atomic mass is 19.2. The van der Waals surface area contributed by atoms with E-state index in [-0.39, 0.29) is 5.56 Å². The fraction of sp³-hybridized carbons (Fsp3) is 0. The van der Waals surface area contributed by atoms with Gasteiger partial charge in [0.25, 0.3) is 0 Å². The number of halogens is 2. The molecule has 0 saturated carbocycles. The Kier molecular flexibility index (Phi) is 1.33. The molecule has 0 radical (unpaired) electrons. The molecule has 1 aromatic rings. The van der Waals surface area contributed by atoms with Crippen molar-refractivity contribution in [1.29, 1.82) is 0 Å². The van der Waals surface area contributed by atoms with Gasteiger partial charge in [-0.3, -0.25) is 4.79 Å². The number of allylic oxidation sites excluding steroid dienone is 1. The van der Waals surface area contributed by atoms with Gasteiger partial charge in [-0.15, -0.1) is 0 Å². The number of hydrogen-bond acceptors (Lipinski definition) is 1. The van der Waals surface area contributed by atoms with Gasteiger partial charge in [0.15, 0.2) is 17.4 Å². The van der Waals surface area contributed by atoms with E-state index in [2.05, 4.69) is 0 Å². The number of fused-ring (bicyclic) bond motifs is 1. The van der Waals surface area contributed by atoms with Crippen LogP contribution in [0.25, 0.3) is 6.08 Å². The van der Waals surface area contributed by atoms with E-state index in [9.17, 15) is 13.6 Å². The summed E-state index contributed by atoms with van der Waals surface area (Å²) in [5.74, 6) is -2.50. The molecule has 0 saturated heterocycles. The Hall–Kier alpha value is -1.51. The van der Waals surface area contributed by atoms with E-state index in [0.717, 1.165) is 6.07 Å². The molecule has 0 spiro atoms. The summed E-state index contributed by atoms with van der Waals surface area (Å²) in [6, 6.07) is 2.40. The summed E-state index contributed by atoms with van der Waals surface area (Å²) in [7, 11) is 0. The van der Waals surface area contributed by atoms with E-state index in [4.69, 9.17) is 0 Å². The van der Waals surface area contributed by atoms with Crippen molar-refractivity contribution >= 4 is 11.9 Å². The molecule has 0 aliphatic heterocycles. The molecule has 0 heterocycles. The fourth-order valence-electron chi connectivity index (χ4n) is 1.20. The van der Waals surface area contributed by atoms with E-state index in [1.807, 2.05) is 0 Å². The first-order chi connectivity index (χ1) is 5.70. The lowest BCUT2D eigenvalue weighted by molar-refractivity contribution is 0.104. The Morgan fingerprint density at radius 2 is 1.83 bits per heavy atom. The van der Waals surface area contributed by atoms with Crippen molar-refractivity contribution in [3.63, 3.8) is 0 Å². The zero-order valence-electron chi connectivity index (χ0n) is 5.97. The summed E-state index contributed by atoms with van der Waals surface area (Å²) < 4.78 is 25.5. The predicted molar refractivity (Wildman–Crippen MR) is 39.7 cm³/mol. The first-order valence-electron chi connectivity index (χ1n) is 3.40. The van der Waals surface area contributed by atoms with Gasteiger partial charge in [-0.05, 0) is 17.7 Å². The van der Waals surface area contributed by atoms with Crippen molar-refractivity contribution in [3.05, 3.63) is 41.0 Å². The second kappa shape index (κ2) is 2.24. The highest BCUT2D eigenvalue weighted by Crippen LogP contribution is 2.23. The van der Waals surface area contributed by atoms with Gasteiger partial charge < -0.3 is 0 Å². The average Bonchev–Trinajstić information content (AvgIpc) is 2.41. The summed E-state index contributed by atoms with van der Waals surface area (Å²) >= 11 is 0. The van der Waals surface area contributed by atoms with E-state index < -0.39 is 17.4 Å². The smallest absolute Gasteiger partial charge is 0.189 e. The van der Waals surface area contributed by atoms with Crippen LogP contribution in [0.5, 0.6) is 0 Å². The van der Waals surface area contributed by atoms with E-state index in [1.54, 1.807) is 0 Å². The minimum Gasteiger partial charge on any atom is -0.289 e. The summed E-state index contributed by atoms with van der Waals surface area (Å²) in [5.41, 5.74) is 0.286. The molecule has 0 bridgehead atoms. The monoisotopic (exact) mass is 166 g/mol. The van der Waals surface area contributed by atoms with Crippen molar-refractivity contribution in [2.24, 2.45) is 0 Å². The van der Waals surface area contributed by atoms with Gasteiger partial charge in [0.2, 0.25) is 0 Å². The largest absolute Gasteiger partial charge is 0.289 e. The summed E-state index contributed by atoms with van der Waals surface area (Å²) in [4.78, 5) is 10.9. The Labute approximate surface area is 67.3 Å². The van der Waals surface area contributed by atoms with Crippen molar-refractivity contribution in [2.75, 3.05) is 0 Å². The molecule has 0 N–H and O–H groups in total. The molecule has 1 aliphatic rings. The van der Waals surface area contributed by atoms with Crippen molar-refractivity contribution < 1.29 is 13.6 Å². The topological polar surface area (TPSA) is 17.1 Å². The molecular formula is C9H4F2O. The molecule has 3 heteroatoms. The van der Waals surface area contributed by atoms with Crippen LogP contribution in [-0.4, -0.2) is 5.78 Å². The summed E-state index contributed by atoms with van der Waals surface area (Å²) in [6.07, 6.45) is 2.70. The maximum absolute atomic E-state index is 12.9. The minimum absolute atomic E-state index is 0.157. The van der Waals surface area contributed by atoms with Gasteiger partial charge in [0, 0.05) is 0 Å². The van der Waals surface area contributed by atoms with Gasteiger partial charge in [-0.25, -0.2) is 8.78 Å². The molecule has 0 aromatic heterocycles. The second-order valence-electron chi connectivity index (χ2n) is 2.52. The van der Waals surface area contributed by atoms with Crippen molar-refractivity contribution in [2.45, 2.75) is 0 Å². The number of rotatable bonds is 0. The van der Waals surface area contributed by atoms with E-state index in [1.165, 1.54) is 18.2 Å². The lowest BCUT2D eigenvalue weighted by Gasteiger charge is -1.98.